The van der Waals surface area contributed by atoms with Crippen LogP contribution in [0.5, 0.6) is 0 Å². The number of hydrogen-bond donors (Lipinski definition) is 3. The van der Waals surface area contributed by atoms with E-state index < -0.39 is 35.6 Å². The van der Waals surface area contributed by atoms with Gasteiger partial charge in [-0.2, -0.15) is 13.2 Å². The molecule has 1 aromatic heterocycles. The van der Waals surface area contributed by atoms with E-state index in [1.807, 2.05) is 4.90 Å². The van der Waals surface area contributed by atoms with Gasteiger partial charge in [-0.3, -0.25) is 14.5 Å². The zero-order chi connectivity index (χ0) is 26.9. The number of anilines is 3. The Hall–Kier alpha value is -3.45. The van der Waals surface area contributed by atoms with Gasteiger partial charge in [0.2, 0.25) is 11.7 Å². The molecule has 5 N–H and O–H groups in total. The zero-order valence-electron chi connectivity index (χ0n) is 19.8. The van der Waals surface area contributed by atoms with Crippen LogP contribution in [0.15, 0.2) is 48.2 Å². The molecule has 4 rings (SSSR count). The van der Waals surface area contributed by atoms with Crippen LogP contribution < -0.4 is 21.7 Å². The number of carbonyl (C=O) groups is 2. The lowest BCUT2D eigenvalue weighted by molar-refractivity contribution is -0.185. The van der Waals surface area contributed by atoms with Crippen LogP contribution in [-0.2, 0) is 4.79 Å². The van der Waals surface area contributed by atoms with E-state index in [-0.39, 0.29) is 47.9 Å². The summed E-state index contributed by atoms with van der Waals surface area (Å²) in [7, 11) is 0. The molecule has 0 radical (unpaired) electrons. The fraction of sp³-hybridized carbons (Fsp3) is 0.375. The molecule has 37 heavy (non-hydrogen) atoms. The van der Waals surface area contributed by atoms with Crippen LogP contribution in [-0.4, -0.2) is 53.0 Å². The van der Waals surface area contributed by atoms with Crippen molar-refractivity contribution in [3.63, 3.8) is 0 Å². The SMILES string of the molecule is CC(C(N)=O)N(c1ccc(F)cc1)c1nc(N)c(C(=O)C2=CNC(N3CCC(C(F)(F)F)CC3)C=C2)s1. The first kappa shape index (κ1) is 26.6. The van der Waals surface area contributed by atoms with Crippen molar-refractivity contribution < 1.29 is 27.2 Å². The summed E-state index contributed by atoms with van der Waals surface area (Å²) < 4.78 is 52.3. The van der Waals surface area contributed by atoms with E-state index in [2.05, 4.69) is 10.3 Å². The predicted octanol–water partition coefficient (Wildman–Crippen LogP) is 3.70. The molecule has 3 heterocycles. The number of nitrogen functional groups attached to an aromatic ring is 1. The van der Waals surface area contributed by atoms with E-state index in [9.17, 15) is 27.2 Å². The van der Waals surface area contributed by atoms with Crippen molar-refractivity contribution >= 4 is 39.7 Å². The molecule has 1 amide bonds. The second-order valence-electron chi connectivity index (χ2n) is 8.89. The standard InChI is InChI=1S/C24H26F4N6O2S/c1-13(22(30)36)34(17-5-3-16(25)4-6-17)23-32-21(29)20(37-23)19(35)14-2-7-18(31-12-14)33-10-8-15(9-11-33)24(26,27)28/h2-7,12-13,15,18,31H,8-11,29H2,1H3,(H2,30,36). The number of nitrogens with one attached hydrogen (secondary N) is 1. The van der Waals surface area contributed by atoms with Crippen molar-refractivity contribution in [1.82, 2.24) is 15.2 Å². The summed E-state index contributed by atoms with van der Waals surface area (Å²) in [5.74, 6) is -2.86. The number of benzene rings is 1. The summed E-state index contributed by atoms with van der Waals surface area (Å²) in [6, 6.07) is 4.51. The van der Waals surface area contributed by atoms with Gasteiger partial charge in [0, 0.05) is 30.5 Å². The molecule has 2 unspecified atom stereocenters. The zero-order valence-corrected chi connectivity index (χ0v) is 20.7. The molecule has 1 aromatic carbocycles. The minimum atomic E-state index is -4.18. The van der Waals surface area contributed by atoms with E-state index in [0.717, 1.165) is 11.3 Å². The third-order valence-corrected chi connectivity index (χ3v) is 7.54. The number of hydrogen-bond acceptors (Lipinski definition) is 8. The van der Waals surface area contributed by atoms with Crippen LogP contribution in [0.2, 0.25) is 0 Å². The molecular formula is C24H26F4N6O2S. The number of halogens is 4. The molecule has 1 fully saturated rings. The molecular weight excluding hydrogens is 512 g/mol. The molecule has 8 nitrogen and oxygen atoms in total. The largest absolute Gasteiger partial charge is 0.391 e. The van der Waals surface area contributed by atoms with Gasteiger partial charge in [-0.15, -0.1) is 0 Å². The molecule has 2 aromatic rings. The summed E-state index contributed by atoms with van der Waals surface area (Å²) in [6.07, 6.45) is 0.368. The van der Waals surface area contributed by atoms with Crippen LogP contribution in [0.1, 0.15) is 29.4 Å². The fourth-order valence-corrected chi connectivity index (χ4v) is 5.34. The molecule has 2 aliphatic heterocycles. The molecule has 0 bridgehead atoms. The van der Waals surface area contributed by atoms with Crippen LogP contribution in [0.4, 0.5) is 34.2 Å². The van der Waals surface area contributed by atoms with Crippen molar-refractivity contribution in [2.45, 2.75) is 38.1 Å². The van der Waals surface area contributed by atoms with Crippen molar-refractivity contribution in [1.29, 1.82) is 0 Å². The Morgan fingerprint density at radius 3 is 2.41 bits per heavy atom. The molecule has 0 saturated carbocycles. The number of aromatic nitrogens is 1. The first-order valence-corrected chi connectivity index (χ1v) is 12.4. The number of carbonyl (C=O) groups excluding carboxylic acids is 2. The third-order valence-electron chi connectivity index (χ3n) is 6.47. The maximum atomic E-state index is 13.4. The predicted molar refractivity (Wildman–Crippen MR) is 133 cm³/mol. The van der Waals surface area contributed by atoms with Gasteiger partial charge in [-0.25, -0.2) is 9.37 Å². The van der Waals surface area contributed by atoms with Gasteiger partial charge < -0.3 is 21.7 Å². The number of allylic oxidation sites excluding steroid dienone is 2. The summed E-state index contributed by atoms with van der Waals surface area (Å²) in [5, 5.41) is 3.30. The van der Waals surface area contributed by atoms with E-state index in [4.69, 9.17) is 11.5 Å². The highest BCUT2D eigenvalue weighted by Gasteiger charge is 2.41. The van der Waals surface area contributed by atoms with Crippen LogP contribution in [0.25, 0.3) is 0 Å². The lowest BCUT2D eigenvalue weighted by atomic mass is 9.95. The van der Waals surface area contributed by atoms with Crippen molar-refractivity contribution in [3.05, 3.63) is 58.9 Å². The van der Waals surface area contributed by atoms with E-state index in [1.165, 1.54) is 35.4 Å². The number of piperidine rings is 1. The van der Waals surface area contributed by atoms with Gasteiger partial charge >= 0.3 is 6.18 Å². The molecule has 13 heteroatoms. The molecule has 198 valence electrons. The number of nitrogens with zero attached hydrogens (tertiary/aromatic N) is 3. The number of alkyl halides is 3. The average Bonchev–Trinajstić information content (AvgIpc) is 3.25. The second kappa shape index (κ2) is 10.5. The molecule has 2 aliphatic rings. The van der Waals surface area contributed by atoms with Gasteiger partial charge in [0.25, 0.3) is 0 Å². The first-order chi connectivity index (χ1) is 17.5. The Morgan fingerprint density at radius 2 is 1.86 bits per heavy atom. The summed E-state index contributed by atoms with van der Waals surface area (Å²) in [4.78, 5) is 32.9. The number of nitrogens with two attached hydrogens (primary N) is 2. The Balaban J connectivity index is 1.49. The monoisotopic (exact) mass is 538 g/mol. The number of dihydropyridines is 1. The van der Waals surface area contributed by atoms with Crippen LogP contribution in [0, 0.1) is 11.7 Å². The minimum absolute atomic E-state index is 0.0273. The average molecular weight is 539 g/mol. The topological polar surface area (TPSA) is 118 Å². The Bertz CT molecular complexity index is 1220. The maximum Gasteiger partial charge on any atom is 0.391 e. The maximum absolute atomic E-state index is 13.4. The Labute approximate surface area is 214 Å². The highest BCUT2D eigenvalue weighted by Crippen LogP contribution is 2.37. The number of likely N-dealkylation sites (tertiary alicyclic amines) is 1. The Morgan fingerprint density at radius 1 is 1.22 bits per heavy atom. The summed E-state index contributed by atoms with van der Waals surface area (Å²) in [5.41, 5.74) is 12.3. The minimum Gasteiger partial charge on any atom is -0.382 e. The number of primary amides is 1. The normalized spacial score (nSPS) is 19.7. The Kier molecular flexibility index (Phi) is 7.55. The highest BCUT2D eigenvalue weighted by atomic mass is 32.1. The van der Waals surface area contributed by atoms with E-state index >= 15 is 0 Å². The van der Waals surface area contributed by atoms with Crippen LogP contribution in [0.3, 0.4) is 0 Å². The number of Topliss-reactive ketones (excluding diaryl/α,β-unsaturated/α-hetero) is 1. The van der Waals surface area contributed by atoms with Crippen molar-refractivity contribution in [2.24, 2.45) is 11.7 Å². The molecule has 1 saturated heterocycles. The van der Waals surface area contributed by atoms with Crippen LogP contribution >= 0.6 is 11.3 Å². The fourth-order valence-electron chi connectivity index (χ4n) is 4.29. The first-order valence-electron chi connectivity index (χ1n) is 11.6. The second-order valence-corrected chi connectivity index (χ2v) is 9.86. The third kappa shape index (κ3) is 5.77. The quantitative estimate of drug-likeness (QED) is 0.364. The molecule has 0 spiro atoms. The van der Waals surface area contributed by atoms with Gasteiger partial charge in [0.15, 0.2) is 5.13 Å². The summed E-state index contributed by atoms with van der Waals surface area (Å²) >= 11 is 0.965. The molecule has 0 aliphatic carbocycles. The number of thiazole rings is 1. The van der Waals surface area contributed by atoms with Crippen molar-refractivity contribution in [2.75, 3.05) is 23.7 Å². The smallest absolute Gasteiger partial charge is 0.382 e. The lowest BCUT2D eigenvalue weighted by Gasteiger charge is -2.37. The van der Waals surface area contributed by atoms with Gasteiger partial charge in [0.05, 0.1) is 12.1 Å². The molecule has 2 atom stereocenters. The lowest BCUT2D eigenvalue weighted by Crippen LogP contribution is -2.49. The van der Waals surface area contributed by atoms with Gasteiger partial charge in [-0.05, 0) is 50.1 Å². The highest BCUT2D eigenvalue weighted by molar-refractivity contribution is 7.18. The number of rotatable bonds is 7. The van der Waals surface area contributed by atoms with Gasteiger partial charge in [-0.1, -0.05) is 17.4 Å². The van der Waals surface area contributed by atoms with Crippen molar-refractivity contribution in [3.8, 4) is 0 Å². The number of ketones is 1. The van der Waals surface area contributed by atoms with Gasteiger partial charge in [0.1, 0.15) is 22.6 Å². The van der Waals surface area contributed by atoms with E-state index in [0.29, 0.717) is 11.3 Å². The summed E-state index contributed by atoms with van der Waals surface area (Å²) in [6.45, 7) is 2.12. The van der Waals surface area contributed by atoms with E-state index in [1.54, 1.807) is 19.1 Å². The number of amides is 1.